The third-order valence-corrected chi connectivity index (χ3v) is 5.57. The van der Waals surface area contributed by atoms with E-state index in [2.05, 4.69) is 21.2 Å². The van der Waals surface area contributed by atoms with Gasteiger partial charge in [-0.2, -0.15) is 0 Å². The van der Waals surface area contributed by atoms with Crippen LogP contribution >= 0.6 is 27.7 Å². The van der Waals surface area contributed by atoms with Crippen molar-refractivity contribution in [1.29, 1.82) is 0 Å². The van der Waals surface area contributed by atoms with Crippen molar-refractivity contribution in [3.05, 3.63) is 28.7 Å². The lowest BCUT2D eigenvalue weighted by atomic mass is 9.91. The standard InChI is InChI=1S/C16H23BrN2OS/c1-16(2,21-14-9-3-11(17)4-10-14)15(20)19-13-7-5-12(18)6-8-13/h3-4,9-10,12-13H,5-8,18H2,1-2H3,(H,19,20). The predicted octanol–water partition coefficient (Wildman–Crippen LogP) is 3.71. The summed E-state index contributed by atoms with van der Waals surface area (Å²) in [5.41, 5.74) is 5.91. The van der Waals surface area contributed by atoms with E-state index >= 15 is 0 Å². The molecule has 0 unspecified atom stereocenters. The Kier molecular flexibility index (Phi) is 5.74. The molecule has 21 heavy (non-hydrogen) atoms. The Morgan fingerprint density at radius 2 is 1.81 bits per heavy atom. The lowest BCUT2D eigenvalue weighted by Crippen LogP contribution is -2.47. The average molecular weight is 371 g/mol. The van der Waals surface area contributed by atoms with Crippen LogP contribution in [0.4, 0.5) is 0 Å². The molecule has 0 spiro atoms. The number of amides is 1. The number of hydrogen-bond acceptors (Lipinski definition) is 3. The zero-order valence-electron chi connectivity index (χ0n) is 12.6. The largest absolute Gasteiger partial charge is 0.352 e. The molecule has 0 radical (unpaired) electrons. The van der Waals surface area contributed by atoms with Gasteiger partial charge in [0.2, 0.25) is 5.91 Å². The third-order valence-electron chi connectivity index (χ3n) is 3.84. The normalized spacial score (nSPS) is 22.9. The molecule has 2 rings (SSSR count). The van der Waals surface area contributed by atoms with Gasteiger partial charge in [-0.05, 0) is 63.8 Å². The predicted molar refractivity (Wildman–Crippen MR) is 92.5 cm³/mol. The molecule has 0 atom stereocenters. The van der Waals surface area contributed by atoms with Crippen LogP contribution in [-0.2, 0) is 4.79 Å². The van der Waals surface area contributed by atoms with E-state index < -0.39 is 4.75 Å². The highest BCUT2D eigenvalue weighted by atomic mass is 79.9. The highest BCUT2D eigenvalue weighted by Crippen LogP contribution is 2.33. The molecule has 116 valence electrons. The van der Waals surface area contributed by atoms with Gasteiger partial charge in [0.1, 0.15) is 0 Å². The number of carbonyl (C=O) groups excluding carboxylic acids is 1. The minimum absolute atomic E-state index is 0.107. The van der Waals surface area contributed by atoms with E-state index in [1.54, 1.807) is 11.8 Å². The van der Waals surface area contributed by atoms with Crippen molar-refractivity contribution in [2.24, 2.45) is 5.73 Å². The summed E-state index contributed by atoms with van der Waals surface area (Å²) in [6, 6.07) is 8.65. The van der Waals surface area contributed by atoms with Crippen LogP contribution < -0.4 is 11.1 Å². The Morgan fingerprint density at radius 1 is 1.24 bits per heavy atom. The quantitative estimate of drug-likeness (QED) is 0.794. The molecule has 5 heteroatoms. The summed E-state index contributed by atoms with van der Waals surface area (Å²) in [5, 5.41) is 3.19. The van der Waals surface area contributed by atoms with Crippen LogP contribution in [0.25, 0.3) is 0 Å². The molecule has 0 aromatic heterocycles. The molecule has 0 saturated heterocycles. The fourth-order valence-electron chi connectivity index (χ4n) is 2.47. The Balaban J connectivity index is 1.91. The number of thioether (sulfide) groups is 1. The summed E-state index contributed by atoms with van der Waals surface area (Å²) in [4.78, 5) is 13.6. The highest BCUT2D eigenvalue weighted by molar-refractivity contribution is 9.10. The number of nitrogens with one attached hydrogen (secondary N) is 1. The highest BCUT2D eigenvalue weighted by Gasteiger charge is 2.31. The zero-order chi connectivity index (χ0) is 15.5. The molecule has 1 amide bonds. The van der Waals surface area contributed by atoms with Crippen molar-refractivity contribution in [2.75, 3.05) is 0 Å². The van der Waals surface area contributed by atoms with Crippen molar-refractivity contribution >= 4 is 33.6 Å². The minimum atomic E-state index is -0.479. The minimum Gasteiger partial charge on any atom is -0.352 e. The number of nitrogens with two attached hydrogens (primary N) is 1. The summed E-state index contributed by atoms with van der Waals surface area (Å²) < 4.78 is 0.570. The molecule has 0 heterocycles. The zero-order valence-corrected chi connectivity index (χ0v) is 15.0. The molecule has 1 aromatic rings. The smallest absolute Gasteiger partial charge is 0.236 e. The first kappa shape index (κ1) is 16.8. The SMILES string of the molecule is CC(C)(Sc1ccc(Br)cc1)C(=O)NC1CCC(N)CC1. The van der Waals surface area contributed by atoms with Gasteiger partial charge in [-0.3, -0.25) is 4.79 Å². The molecule has 1 aliphatic carbocycles. The van der Waals surface area contributed by atoms with Crippen molar-refractivity contribution in [3.8, 4) is 0 Å². The lowest BCUT2D eigenvalue weighted by molar-refractivity contribution is -0.123. The van der Waals surface area contributed by atoms with Gasteiger partial charge in [0.15, 0.2) is 0 Å². The van der Waals surface area contributed by atoms with Crippen LogP contribution in [0.2, 0.25) is 0 Å². The molecular weight excluding hydrogens is 348 g/mol. The first-order chi connectivity index (χ1) is 9.87. The molecule has 1 aliphatic rings. The van der Waals surface area contributed by atoms with Crippen LogP contribution in [-0.4, -0.2) is 22.7 Å². The van der Waals surface area contributed by atoms with Gasteiger partial charge in [0.25, 0.3) is 0 Å². The van der Waals surface area contributed by atoms with Gasteiger partial charge in [-0.25, -0.2) is 0 Å². The maximum absolute atomic E-state index is 12.5. The van der Waals surface area contributed by atoms with Crippen LogP contribution in [0.1, 0.15) is 39.5 Å². The maximum atomic E-state index is 12.5. The Hall–Kier alpha value is -0.520. The Labute approximate surface area is 139 Å². The van der Waals surface area contributed by atoms with Gasteiger partial charge in [-0.15, -0.1) is 11.8 Å². The first-order valence-corrected chi connectivity index (χ1v) is 8.99. The number of benzene rings is 1. The number of rotatable bonds is 4. The monoisotopic (exact) mass is 370 g/mol. The molecule has 3 nitrogen and oxygen atoms in total. The summed E-state index contributed by atoms with van der Waals surface area (Å²) in [6.45, 7) is 3.95. The number of halogens is 1. The lowest BCUT2D eigenvalue weighted by Gasteiger charge is -2.30. The molecule has 1 aromatic carbocycles. The van der Waals surface area contributed by atoms with Gasteiger partial charge >= 0.3 is 0 Å². The molecular formula is C16H23BrN2OS. The van der Waals surface area contributed by atoms with Gasteiger partial charge in [0, 0.05) is 21.5 Å². The van der Waals surface area contributed by atoms with Crippen molar-refractivity contribution in [1.82, 2.24) is 5.32 Å². The van der Waals surface area contributed by atoms with Gasteiger partial charge < -0.3 is 11.1 Å². The summed E-state index contributed by atoms with van der Waals surface area (Å²) in [7, 11) is 0. The van der Waals surface area contributed by atoms with E-state index in [1.807, 2.05) is 38.1 Å². The van der Waals surface area contributed by atoms with E-state index in [-0.39, 0.29) is 11.9 Å². The molecule has 0 bridgehead atoms. The van der Waals surface area contributed by atoms with E-state index in [4.69, 9.17) is 5.73 Å². The number of carbonyl (C=O) groups is 1. The van der Waals surface area contributed by atoms with Crippen LogP contribution in [0.5, 0.6) is 0 Å². The maximum Gasteiger partial charge on any atom is 0.236 e. The van der Waals surface area contributed by atoms with E-state index in [0.29, 0.717) is 6.04 Å². The second kappa shape index (κ2) is 7.16. The number of hydrogen-bond donors (Lipinski definition) is 2. The summed E-state index contributed by atoms with van der Waals surface area (Å²) >= 11 is 5.02. The first-order valence-electron chi connectivity index (χ1n) is 7.38. The second-order valence-electron chi connectivity index (χ2n) is 6.15. The molecule has 0 aliphatic heterocycles. The van der Waals surface area contributed by atoms with Crippen LogP contribution in [0, 0.1) is 0 Å². The summed E-state index contributed by atoms with van der Waals surface area (Å²) in [5.74, 6) is 0.107. The molecule has 1 fully saturated rings. The summed E-state index contributed by atoms with van der Waals surface area (Å²) in [6.07, 6.45) is 3.99. The Morgan fingerprint density at radius 3 is 2.38 bits per heavy atom. The van der Waals surface area contributed by atoms with Crippen molar-refractivity contribution in [2.45, 2.75) is 61.3 Å². The second-order valence-corrected chi connectivity index (χ2v) is 8.76. The molecule has 1 saturated carbocycles. The van der Waals surface area contributed by atoms with Crippen LogP contribution in [0.15, 0.2) is 33.6 Å². The average Bonchev–Trinajstić information content (AvgIpc) is 2.43. The van der Waals surface area contributed by atoms with Crippen LogP contribution in [0.3, 0.4) is 0 Å². The topological polar surface area (TPSA) is 55.1 Å². The Bertz CT molecular complexity index is 482. The van der Waals surface area contributed by atoms with Crippen molar-refractivity contribution in [3.63, 3.8) is 0 Å². The van der Waals surface area contributed by atoms with Gasteiger partial charge in [-0.1, -0.05) is 15.9 Å². The fourth-order valence-corrected chi connectivity index (χ4v) is 3.74. The fraction of sp³-hybridized carbons (Fsp3) is 0.562. The van der Waals surface area contributed by atoms with E-state index in [9.17, 15) is 4.79 Å². The van der Waals surface area contributed by atoms with E-state index in [0.717, 1.165) is 35.1 Å². The third kappa shape index (κ3) is 5.01. The van der Waals surface area contributed by atoms with E-state index in [1.165, 1.54) is 0 Å². The van der Waals surface area contributed by atoms with Gasteiger partial charge in [0.05, 0.1) is 4.75 Å². The molecule has 3 N–H and O–H groups in total. The van der Waals surface area contributed by atoms with Crippen molar-refractivity contribution < 1.29 is 4.79 Å².